The van der Waals surface area contributed by atoms with Crippen molar-refractivity contribution in [3.05, 3.63) is 0 Å². The third kappa shape index (κ3) is 2.52. The second-order valence-electron chi connectivity index (χ2n) is 3.42. The van der Waals surface area contributed by atoms with Crippen molar-refractivity contribution in [3.63, 3.8) is 0 Å². The summed E-state index contributed by atoms with van der Waals surface area (Å²) in [6, 6.07) is 0. The molecule has 4 nitrogen and oxygen atoms in total. The highest BCUT2D eigenvalue weighted by molar-refractivity contribution is 6.36. The largest absolute Gasteiger partial charge is 0.378 e. The number of rotatable bonds is 2. The van der Waals surface area contributed by atoms with Crippen LogP contribution in [0.3, 0.4) is 0 Å². The predicted molar refractivity (Wildman–Crippen MR) is 47.2 cm³/mol. The van der Waals surface area contributed by atoms with Crippen LogP contribution in [0.5, 0.6) is 0 Å². The minimum atomic E-state index is -0.363. The van der Waals surface area contributed by atoms with E-state index in [4.69, 9.17) is 4.74 Å². The first kappa shape index (κ1) is 10.2. The van der Waals surface area contributed by atoms with E-state index in [0.29, 0.717) is 26.3 Å². The Morgan fingerprint density at radius 1 is 1.23 bits per heavy atom. The van der Waals surface area contributed by atoms with E-state index < -0.39 is 0 Å². The highest BCUT2D eigenvalue weighted by Gasteiger charge is 2.25. The number of hydrogen-bond acceptors (Lipinski definition) is 3. The van der Waals surface area contributed by atoms with Crippen LogP contribution in [0.4, 0.5) is 0 Å². The van der Waals surface area contributed by atoms with Crippen molar-refractivity contribution in [2.45, 2.75) is 13.8 Å². The topological polar surface area (TPSA) is 46.6 Å². The molecule has 0 aromatic heterocycles. The van der Waals surface area contributed by atoms with Crippen molar-refractivity contribution < 1.29 is 14.3 Å². The lowest BCUT2D eigenvalue weighted by Gasteiger charge is -2.26. The monoisotopic (exact) mass is 185 g/mol. The van der Waals surface area contributed by atoms with Crippen molar-refractivity contribution in [3.8, 4) is 0 Å². The molecule has 1 aliphatic heterocycles. The van der Waals surface area contributed by atoms with Crippen LogP contribution in [-0.4, -0.2) is 42.9 Å². The number of carbonyl (C=O) groups is 2. The molecule has 0 unspecified atom stereocenters. The normalized spacial score (nSPS) is 17.6. The number of hydrogen-bond donors (Lipinski definition) is 0. The van der Waals surface area contributed by atoms with Crippen LogP contribution >= 0.6 is 0 Å². The lowest BCUT2D eigenvalue weighted by Crippen LogP contribution is -2.45. The molecule has 1 saturated heterocycles. The van der Waals surface area contributed by atoms with Crippen LogP contribution in [0.2, 0.25) is 0 Å². The Morgan fingerprint density at radius 3 is 2.23 bits per heavy atom. The van der Waals surface area contributed by atoms with Crippen molar-refractivity contribution >= 4 is 11.7 Å². The van der Waals surface area contributed by atoms with Crippen LogP contribution in [0.25, 0.3) is 0 Å². The van der Waals surface area contributed by atoms with E-state index in [0.717, 1.165) is 0 Å². The molecule has 0 atom stereocenters. The van der Waals surface area contributed by atoms with E-state index in [-0.39, 0.29) is 17.6 Å². The first-order valence-corrected chi connectivity index (χ1v) is 4.54. The smallest absolute Gasteiger partial charge is 0.290 e. The number of carbonyl (C=O) groups excluding carboxylic acids is 2. The van der Waals surface area contributed by atoms with Gasteiger partial charge in [-0.2, -0.15) is 0 Å². The van der Waals surface area contributed by atoms with Gasteiger partial charge in [-0.3, -0.25) is 9.59 Å². The molecular weight excluding hydrogens is 170 g/mol. The Hall–Kier alpha value is -0.900. The summed E-state index contributed by atoms with van der Waals surface area (Å²) in [5.41, 5.74) is 0. The van der Waals surface area contributed by atoms with E-state index in [9.17, 15) is 9.59 Å². The van der Waals surface area contributed by atoms with E-state index in [1.165, 1.54) is 0 Å². The molecule has 1 aliphatic rings. The number of morpholine rings is 1. The Balaban J connectivity index is 2.50. The van der Waals surface area contributed by atoms with E-state index in [1.54, 1.807) is 18.7 Å². The Bertz CT molecular complexity index is 207. The third-order valence-corrected chi connectivity index (χ3v) is 2.03. The Labute approximate surface area is 77.8 Å². The molecule has 0 aliphatic carbocycles. The fourth-order valence-corrected chi connectivity index (χ4v) is 1.17. The average molecular weight is 185 g/mol. The summed E-state index contributed by atoms with van der Waals surface area (Å²) < 4.78 is 5.08. The first-order chi connectivity index (χ1) is 6.13. The number of ketones is 1. The van der Waals surface area contributed by atoms with Crippen molar-refractivity contribution in [1.82, 2.24) is 4.90 Å². The number of amides is 1. The van der Waals surface area contributed by atoms with Gasteiger partial charge in [0.1, 0.15) is 0 Å². The Morgan fingerprint density at radius 2 is 1.77 bits per heavy atom. The van der Waals surface area contributed by atoms with Gasteiger partial charge in [0.05, 0.1) is 13.2 Å². The molecule has 0 bridgehead atoms. The molecule has 0 N–H and O–H groups in total. The molecule has 0 spiro atoms. The molecule has 0 aromatic rings. The van der Waals surface area contributed by atoms with Crippen molar-refractivity contribution in [1.29, 1.82) is 0 Å². The van der Waals surface area contributed by atoms with Gasteiger partial charge < -0.3 is 9.64 Å². The summed E-state index contributed by atoms with van der Waals surface area (Å²) in [7, 11) is 0. The van der Waals surface area contributed by atoms with Gasteiger partial charge >= 0.3 is 0 Å². The molecule has 0 saturated carbocycles. The molecular formula is C9H15NO3. The molecule has 4 heteroatoms. The minimum absolute atomic E-state index is 0.213. The maximum absolute atomic E-state index is 11.5. The van der Waals surface area contributed by atoms with Crippen molar-refractivity contribution in [2.75, 3.05) is 26.3 Å². The highest BCUT2D eigenvalue weighted by atomic mass is 16.5. The zero-order valence-electron chi connectivity index (χ0n) is 8.08. The fraction of sp³-hybridized carbons (Fsp3) is 0.778. The fourth-order valence-electron chi connectivity index (χ4n) is 1.17. The molecule has 74 valence electrons. The molecule has 13 heavy (non-hydrogen) atoms. The number of ether oxygens (including phenoxy) is 1. The van der Waals surface area contributed by atoms with Gasteiger partial charge in [-0.05, 0) is 0 Å². The maximum atomic E-state index is 11.5. The van der Waals surface area contributed by atoms with Crippen LogP contribution in [0.15, 0.2) is 0 Å². The summed E-state index contributed by atoms with van der Waals surface area (Å²) in [6.07, 6.45) is 0. The van der Waals surface area contributed by atoms with Crippen LogP contribution in [0.1, 0.15) is 13.8 Å². The lowest BCUT2D eigenvalue weighted by molar-refractivity contribution is -0.148. The van der Waals surface area contributed by atoms with Crippen LogP contribution < -0.4 is 0 Å². The average Bonchev–Trinajstić information content (AvgIpc) is 2.17. The zero-order chi connectivity index (χ0) is 9.84. The van der Waals surface area contributed by atoms with E-state index in [1.807, 2.05) is 0 Å². The van der Waals surface area contributed by atoms with Gasteiger partial charge in [0.15, 0.2) is 0 Å². The molecule has 1 fully saturated rings. The SMILES string of the molecule is CC(C)C(=O)C(=O)N1CCOCC1. The second kappa shape index (κ2) is 4.37. The van der Waals surface area contributed by atoms with E-state index >= 15 is 0 Å². The molecule has 1 heterocycles. The number of Topliss-reactive ketones (excluding diaryl/α,β-unsaturated/α-hetero) is 1. The highest BCUT2D eigenvalue weighted by Crippen LogP contribution is 2.02. The summed E-state index contributed by atoms with van der Waals surface area (Å²) in [5, 5.41) is 0. The molecule has 1 amide bonds. The van der Waals surface area contributed by atoms with Gasteiger partial charge in [0, 0.05) is 19.0 Å². The first-order valence-electron chi connectivity index (χ1n) is 4.54. The lowest BCUT2D eigenvalue weighted by atomic mass is 10.1. The molecule has 0 radical (unpaired) electrons. The summed E-state index contributed by atoms with van der Waals surface area (Å²) >= 11 is 0. The predicted octanol–water partition coefficient (Wildman–Crippen LogP) is 0.0703. The van der Waals surface area contributed by atoms with Gasteiger partial charge in [-0.15, -0.1) is 0 Å². The quantitative estimate of drug-likeness (QED) is 0.572. The van der Waals surface area contributed by atoms with E-state index in [2.05, 4.69) is 0 Å². The summed E-state index contributed by atoms with van der Waals surface area (Å²) in [6.45, 7) is 5.63. The maximum Gasteiger partial charge on any atom is 0.290 e. The molecule has 0 aromatic carbocycles. The van der Waals surface area contributed by atoms with Crippen LogP contribution in [-0.2, 0) is 14.3 Å². The third-order valence-electron chi connectivity index (χ3n) is 2.03. The van der Waals surface area contributed by atoms with Gasteiger partial charge in [-0.1, -0.05) is 13.8 Å². The molecule has 1 rings (SSSR count). The van der Waals surface area contributed by atoms with Gasteiger partial charge in [0.25, 0.3) is 5.91 Å². The summed E-state index contributed by atoms with van der Waals surface area (Å²) in [5.74, 6) is -0.879. The second-order valence-corrected chi connectivity index (χ2v) is 3.42. The standard InChI is InChI=1S/C9H15NO3/c1-7(2)8(11)9(12)10-3-5-13-6-4-10/h7H,3-6H2,1-2H3. The minimum Gasteiger partial charge on any atom is -0.378 e. The van der Waals surface area contributed by atoms with Gasteiger partial charge in [0.2, 0.25) is 5.78 Å². The van der Waals surface area contributed by atoms with Gasteiger partial charge in [-0.25, -0.2) is 0 Å². The number of nitrogens with zero attached hydrogens (tertiary/aromatic N) is 1. The van der Waals surface area contributed by atoms with Crippen molar-refractivity contribution in [2.24, 2.45) is 5.92 Å². The Kier molecular flexibility index (Phi) is 3.42. The zero-order valence-corrected chi connectivity index (χ0v) is 8.08. The summed E-state index contributed by atoms with van der Waals surface area (Å²) in [4.78, 5) is 24.3. The van der Waals surface area contributed by atoms with Crippen LogP contribution in [0, 0.1) is 5.92 Å².